The van der Waals surface area contributed by atoms with Crippen LogP contribution in [0, 0.1) is 0 Å². The summed E-state index contributed by atoms with van der Waals surface area (Å²) in [4.78, 5) is 4.16. The van der Waals surface area contributed by atoms with Gasteiger partial charge in [0, 0.05) is 18.7 Å². The summed E-state index contributed by atoms with van der Waals surface area (Å²) in [7, 11) is 1.67. The van der Waals surface area contributed by atoms with E-state index in [0.717, 1.165) is 16.6 Å². The summed E-state index contributed by atoms with van der Waals surface area (Å²) in [6.07, 6.45) is 3.53. The van der Waals surface area contributed by atoms with Crippen molar-refractivity contribution in [2.75, 3.05) is 7.11 Å². The molecule has 62 valence electrons. The van der Waals surface area contributed by atoms with Gasteiger partial charge in [0.25, 0.3) is 0 Å². The first-order valence-corrected chi connectivity index (χ1v) is 3.67. The molecular formula is C8H9N3O. The molecule has 2 aromatic rings. The highest BCUT2D eigenvalue weighted by Crippen LogP contribution is 2.09. The summed E-state index contributed by atoms with van der Waals surface area (Å²) >= 11 is 0. The van der Waals surface area contributed by atoms with Crippen LogP contribution in [-0.2, 0) is 11.3 Å². The number of nitrogens with one attached hydrogen (secondary N) is 1. The van der Waals surface area contributed by atoms with Crippen LogP contribution in [0.1, 0.15) is 5.56 Å². The van der Waals surface area contributed by atoms with Gasteiger partial charge in [0.2, 0.25) is 0 Å². The molecular weight excluding hydrogens is 154 g/mol. The zero-order valence-corrected chi connectivity index (χ0v) is 6.74. The predicted molar refractivity (Wildman–Crippen MR) is 44.6 cm³/mol. The normalized spacial score (nSPS) is 10.8. The van der Waals surface area contributed by atoms with E-state index in [0.29, 0.717) is 6.61 Å². The van der Waals surface area contributed by atoms with E-state index in [1.165, 1.54) is 0 Å². The molecule has 0 bridgehead atoms. The Labute approximate surface area is 69.6 Å². The highest BCUT2D eigenvalue weighted by molar-refractivity contribution is 5.73. The molecule has 0 saturated heterocycles. The van der Waals surface area contributed by atoms with Gasteiger partial charge in [-0.1, -0.05) is 0 Å². The Hall–Kier alpha value is -1.42. The second-order valence-electron chi connectivity index (χ2n) is 2.58. The number of fused-ring (bicyclic) bond motifs is 1. The van der Waals surface area contributed by atoms with E-state index in [9.17, 15) is 0 Å². The fraction of sp³-hybridized carbons (Fsp3) is 0.250. The fourth-order valence-electron chi connectivity index (χ4n) is 1.13. The lowest BCUT2D eigenvalue weighted by Gasteiger charge is -1.97. The molecule has 0 aliphatic heterocycles. The molecule has 12 heavy (non-hydrogen) atoms. The molecule has 2 aromatic heterocycles. The number of ether oxygens (including phenoxy) is 1. The molecule has 1 N–H and O–H groups in total. The standard InChI is InChI=1S/C8H9N3O/c1-12-5-6-2-7-4-10-11-8(7)9-3-6/h2-4H,5H2,1H3,(H,9,10,11). The molecule has 0 amide bonds. The maximum Gasteiger partial charge on any atom is 0.155 e. The Morgan fingerprint density at radius 1 is 1.50 bits per heavy atom. The van der Waals surface area contributed by atoms with Crippen molar-refractivity contribution in [3.05, 3.63) is 24.0 Å². The van der Waals surface area contributed by atoms with Crippen molar-refractivity contribution in [2.24, 2.45) is 0 Å². The van der Waals surface area contributed by atoms with E-state index in [2.05, 4.69) is 15.2 Å². The minimum absolute atomic E-state index is 0.591. The van der Waals surface area contributed by atoms with E-state index in [4.69, 9.17) is 4.74 Å². The monoisotopic (exact) mass is 163 g/mol. The number of aromatic nitrogens is 3. The van der Waals surface area contributed by atoms with Crippen LogP contribution < -0.4 is 0 Å². The van der Waals surface area contributed by atoms with Crippen molar-refractivity contribution < 1.29 is 4.74 Å². The van der Waals surface area contributed by atoms with Gasteiger partial charge in [-0.15, -0.1) is 0 Å². The fourth-order valence-corrected chi connectivity index (χ4v) is 1.13. The molecule has 0 atom stereocenters. The first-order chi connectivity index (χ1) is 5.90. The lowest BCUT2D eigenvalue weighted by Crippen LogP contribution is -1.88. The van der Waals surface area contributed by atoms with Crippen molar-refractivity contribution >= 4 is 11.0 Å². The summed E-state index contributed by atoms with van der Waals surface area (Å²) in [5.74, 6) is 0. The maximum absolute atomic E-state index is 4.98. The second kappa shape index (κ2) is 2.91. The molecule has 0 aliphatic rings. The molecule has 0 saturated carbocycles. The van der Waals surface area contributed by atoms with Crippen LogP contribution in [0.4, 0.5) is 0 Å². The molecule has 0 unspecified atom stereocenters. The van der Waals surface area contributed by atoms with E-state index >= 15 is 0 Å². The SMILES string of the molecule is COCc1cnc2[nH]ncc2c1. The van der Waals surface area contributed by atoms with Crippen LogP contribution in [0.25, 0.3) is 11.0 Å². The van der Waals surface area contributed by atoms with E-state index in [1.807, 2.05) is 6.07 Å². The van der Waals surface area contributed by atoms with Crippen molar-refractivity contribution in [3.8, 4) is 0 Å². The van der Waals surface area contributed by atoms with Gasteiger partial charge in [-0.2, -0.15) is 5.10 Å². The van der Waals surface area contributed by atoms with Crippen molar-refractivity contribution in [3.63, 3.8) is 0 Å². The third-order valence-electron chi connectivity index (χ3n) is 1.66. The Bertz CT molecular complexity index is 382. The highest BCUT2D eigenvalue weighted by Gasteiger charge is 1.97. The largest absolute Gasteiger partial charge is 0.380 e. The van der Waals surface area contributed by atoms with Crippen LogP contribution >= 0.6 is 0 Å². The molecule has 0 spiro atoms. The van der Waals surface area contributed by atoms with Gasteiger partial charge >= 0.3 is 0 Å². The molecule has 4 heteroatoms. The molecule has 0 radical (unpaired) electrons. The number of hydrogen-bond acceptors (Lipinski definition) is 3. The number of hydrogen-bond donors (Lipinski definition) is 1. The predicted octanol–water partition coefficient (Wildman–Crippen LogP) is 1.10. The maximum atomic E-state index is 4.98. The lowest BCUT2D eigenvalue weighted by molar-refractivity contribution is 0.184. The Morgan fingerprint density at radius 3 is 3.25 bits per heavy atom. The first-order valence-electron chi connectivity index (χ1n) is 3.67. The molecule has 0 fully saturated rings. The number of aromatic amines is 1. The van der Waals surface area contributed by atoms with Gasteiger partial charge in [0.15, 0.2) is 5.65 Å². The second-order valence-corrected chi connectivity index (χ2v) is 2.58. The average Bonchev–Trinajstić information content (AvgIpc) is 2.51. The highest BCUT2D eigenvalue weighted by atomic mass is 16.5. The van der Waals surface area contributed by atoms with Gasteiger partial charge in [-0.05, 0) is 11.6 Å². The summed E-state index contributed by atoms with van der Waals surface area (Å²) in [6, 6.07) is 2.01. The van der Waals surface area contributed by atoms with Crippen LogP contribution in [0.3, 0.4) is 0 Å². The minimum atomic E-state index is 0.591. The van der Waals surface area contributed by atoms with Crippen LogP contribution in [0.15, 0.2) is 18.5 Å². The zero-order chi connectivity index (χ0) is 8.39. The van der Waals surface area contributed by atoms with Gasteiger partial charge in [0.1, 0.15) is 0 Å². The average molecular weight is 163 g/mol. The lowest BCUT2D eigenvalue weighted by atomic mass is 10.2. The number of methoxy groups -OCH3 is 1. The van der Waals surface area contributed by atoms with Crippen LogP contribution in [0.2, 0.25) is 0 Å². The van der Waals surface area contributed by atoms with Gasteiger partial charge in [-0.25, -0.2) is 4.98 Å². The zero-order valence-electron chi connectivity index (χ0n) is 6.74. The summed E-state index contributed by atoms with van der Waals surface area (Å²) < 4.78 is 4.98. The molecule has 4 nitrogen and oxygen atoms in total. The Kier molecular flexibility index (Phi) is 1.75. The number of rotatable bonds is 2. The van der Waals surface area contributed by atoms with Crippen LogP contribution in [-0.4, -0.2) is 22.3 Å². The minimum Gasteiger partial charge on any atom is -0.380 e. The van der Waals surface area contributed by atoms with Crippen molar-refractivity contribution in [1.82, 2.24) is 15.2 Å². The number of pyridine rings is 1. The summed E-state index contributed by atoms with van der Waals surface area (Å²) in [5, 5.41) is 7.68. The first kappa shape index (κ1) is 7.24. The summed E-state index contributed by atoms with van der Waals surface area (Å²) in [6.45, 7) is 0.591. The third-order valence-corrected chi connectivity index (χ3v) is 1.66. The molecule has 0 aromatic carbocycles. The Balaban J connectivity index is 2.46. The van der Waals surface area contributed by atoms with E-state index in [-0.39, 0.29) is 0 Å². The summed E-state index contributed by atoms with van der Waals surface area (Å²) in [5.41, 5.74) is 1.88. The van der Waals surface area contributed by atoms with Crippen molar-refractivity contribution in [2.45, 2.75) is 6.61 Å². The number of H-pyrrole nitrogens is 1. The van der Waals surface area contributed by atoms with Gasteiger partial charge in [-0.3, -0.25) is 5.10 Å². The van der Waals surface area contributed by atoms with Gasteiger partial charge < -0.3 is 4.74 Å². The Morgan fingerprint density at radius 2 is 2.42 bits per heavy atom. The third kappa shape index (κ3) is 1.16. The van der Waals surface area contributed by atoms with Crippen LogP contribution in [0.5, 0.6) is 0 Å². The number of nitrogens with zero attached hydrogens (tertiary/aromatic N) is 2. The smallest absolute Gasteiger partial charge is 0.155 e. The molecule has 0 aliphatic carbocycles. The molecule has 2 heterocycles. The molecule has 2 rings (SSSR count). The van der Waals surface area contributed by atoms with E-state index in [1.54, 1.807) is 19.5 Å². The van der Waals surface area contributed by atoms with Crippen molar-refractivity contribution in [1.29, 1.82) is 0 Å². The topological polar surface area (TPSA) is 50.8 Å². The van der Waals surface area contributed by atoms with Gasteiger partial charge in [0.05, 0.1) is 12.8 Å². The quantitative estimate of drug-likeness (QED) is 0.721. The van der Waals surface area contributed by atoms with E-state index < -0.39 is 0 Å².